The molecule has 0 saturated carbocycles. The summed E-state index contributed by atoms with van der Waals surface area (Å²) in [7, 11) is 0. The molecule has 0 unspecified atom stereocenters. The van der Waals surface area contributed by atoms with Crippen molar-refractivity contribution in [2.75, 3.05) is 24.5 Å². The molecule has 0 aliphatic carbocycles. The molecule has 0 fully saturated rings. The van der Waals surface area contributed by atoms with Crippen LogP contribution in [0.4, 0.5) is 5.69 Å². The van der Waals surface area contributed by atoms with Crippen molar-refractivity contribution >= 4 is 21.6 Å². The Balaban J connectivity index is 2.98. The highest BCUT2D eigenvalue weighted by atomic mass is 79.9. The average molecular weight is 327 g/mol. The van der Waals surface area contributed by atoms with Gasteiger partial charge in [-0.2, -0.15) is 0 Å². The Morgan fingerprint density at radius 3 is 2.42 bits per heavy atom. The van der Waals surface area contributed by atoms with Crippen molar-refractivity contribution in [2.24, 2.45) is 11.7 Å². The van der Waals surface area contributed by atoms with Crippen LogP contribution < -0.4 is 10.6 Å². The van der Waals surface area contributed by atoms with Crippen LogP contribution in [0.1, 0.15) is 39.2 Å². The zero-order valence-corrected chi connectivity index (χ0v) is 14.0. The first kappa shape index (κ1) is 16.5. The van der Waals surface area contributed by atoms with Crippen LogP contribution in [0.15, 0.2) is 22.7 Å². The van der Waals surface area contributed by atoms with Crippen molar-refractivity contribution in [1.29, 1.82) is 0 Å². The van der Waals surface area contributed by atoms with Crippen LogP contribution >= 0.6 is 15.9 Å². The number of anilines is 1. The largest absolute Gasteiger partial charge is 0.371 e. The maximum Gasteiger partial charge on any atom is 0.0410 e. The summed E-state index contributed by atoms with van der Waals surface area (Å²) in [6.07, 6.45) is 3.43. The fraction of sp³-hybridized carbons (Fsp3) is 0.625. The molecule has 2 N–H and O–H groups in total. The van der Waals surface area contributed by atoms with Crippen LogP contribution in [0.5, 0.6) is 0 Å². The molecule has 0 radical (unpaired) electrons. The standard InChI is InChI=1S/C16H27BrN2/c1-4-13(5-2)12-19(6-3)16-11-15(17)8-7-14(16)9-10-18/h7-8,11,13H,4-6,9-10,12,18H2,1-3H3. The van der Waals surface area contributed by atoms with Crippen LogP contribution in [0.2, 0.25) is 0 Å². The van der Waals surface area contributed by atoms with E-state index in [0.717, 1.165) is 29.9 Å². The Morgan fingerprint density at radius 1 is 1.21 bits per heavy atom. The Labute approximate surface area is 126 Å². The van der Waals surface area contributed by atoms with E-state index >= 15 is 0 Å². The molecule has 0 bridgehead atoms. The van der Waals surface area contributed by atoms with E-state index in [1.54, 1.807) is 0 Å². The highest BCUT2D eigenvalue weighted by Gasteiger charge is 2.14. The number of nitrogens with two attached hydrogens (primary N) is 1. The summed E-state index contributed by atoms with van der Waals surface area (Å²) in [6, 6.07) is 6.54. The van der Waals surface area contributed by atoms with Gasteiger partial charge in [-0.25, -0.2) is 0 Å². The molecule has 0 atom stereocenters. The third-order valence-corrected chi connectivity index (χ3v) is 4.31. The molecule has 19 heavy (non-hydrogen) atoms. The summed E-state index contributed by atoms with van der Waals surface area (Å²) >= 11 is 3.59. The van der Waals surface area contributed by atoms with Gasteiger partial charge in [0, 0.05) is 23.2 Å². The van der Waals surface area contributed by atoms with Gasteiger partial charge in [0.05, 0.1) is 0 Å². The van der Waals surface area contributed by atoms with Gasteiger partial charge in [-0.1, -0.05) is 48.7 Å². The molecular weight excluding hydrogens is 300 g/mol. The second-order valence-electron chi connectivity index (χ2n) is 5.03. The van der Waals surface area contributed by atoms with E-state index in [-0.39, 0.29) is 0 Å². The van der Waals surface area contributed by atoms with E-state index in [9.17, 15) is 0 Å². The van der Waals surface area contributed by atoms with Gasteiger partial charge < -0.3 is 10.6 Å². The molecule has 0 heterocycles. The normalized spacial score (nSPS) is 11.1. The smallest absolute Gasteiger partial charge is 0.0410 e. The molecule has 1 rings (SSSR count). The quantitative estimate of drug-likeness (QED) is 0.775. The number of hydrogen-bond acceptors (Lipinski definition) is 2. The second kappa shape index (κ2) is 8.60. The molecular formula is C16H27BrN2. The molecule has 3 heteroatoms. The molecule has 0 spiro atoms. The van der Waals surface area contributed by atoms with Crippen molar-refractivity contribution < 1.29 is 0 Å². The zero-order valence-electron chi connectivity index (χ0n) is 12.5. The molecule has 0 aromatic heterocycles. The number of hydrogen-bond donors (Lipinski definition) is 1. The lowest BCUT2D eigenvalue weighted by molar-refractivity contribution is 0.485. The monoisotopic (exact) mass is 326 g/mol. The van der Waals surface area contributed by atoms with Gasteiger partial charge in [-0.3, -0.25) is 0 Å². The number of halogens is 1. The molecule has 0 aliphatic heterocycles. The van der Waals surface area contributed by atoms with Gasteiger partial charge in [0.1, 0.15) is 0 Å². The minimum absolute atomic E-state index is 0.706. The van der Waals surface area contributed by atoms with Gasteiger partial charge in [0.2, 0.25) is 0 Å². The Hall–Kier alpha value is -0.540. The summed E-state index contributed by atoms with van der Waals surface area (Å²) in [5, 5.41) is 0. The lowest BCUT2D eigenvalue weighted by atomic mass is 10.0. The van der Waals surface area contributed by atoms with Gasteiger partial charge >= 0.3 is 0 Å². The predicted octanol–water partition coefficient (Wildman–Crippen LogP) is 4.21. The van der Waals surface area contributed by atoms with Crippen molar-refractivity contribution in [1.82, 2.24) is 0 Å². The Bertz CT molecular complexity index is 375. The van der Waals surface area contributed by atoms with Crippen LogP contribution in [0, 0.1) is 5.92 Å². The molecule has 0 amide bonds. The van der Waals surface area contributed by atoms with Crippen LogP contribution in [-0.2, 0) is 6.42 Å². The van der Waals surface area contributed by atoms with Gasteiger partial charge in [0.25, 0.3) is 0 Å². The maximum absolute atomic E-state index is 5.73. The number of rotatable bonds is 8. The molecule has 1 aromatic carbocycles. The maximum atomic E-state index is 5.73. The Kier molecular flexibility index (Phi) is 7.47. The first-order valence-electron chi connectivity index (χ1n) is 7.39. The highest BCUT2D eigenvalue weighted by molar-refractivity contribution is 9.10. The molecule has 0 aliphatic rings. The van der Waals surface area contributed by atoms with Crippen molar-refractivity contribution in [3.05, 3.63) is 28.2 Å². The van der Waals surface area contributed by atoms with Gasteiger partial charge in [-0.05, 0) is 43.5 Å². The summed E-state index contributed by atoms with van der Waals surface area (Å²) in [6.45, 7) is 9.68. The summed E-state index contributed by atoms with van der Waals surface area (Å²) < 4.78 is 1.14. The molecule has 0 saturated heterocycles. The van der Waals surface area contributed by atoms with E-state index in [1.165, 1.54) is 24.1 Å². The van der Waals surface area contributed by atoms with E-state index in [1.807, 2.05) is 0 Å². The SMILES string of the molecule is CCC(CC)CN(CC)c1cc(Br)ccc1CCN. The topological polar surface area (TPSA) is 29.3 Å². The summed E-state index contributed by atoms with van der Waals surface area (Å²) in [5.41, 5.74) is 8.43. The fourth-order valence-electron chi connectivity index (χ4n) is 2.45. The van der Waals surface area contributed by atoms with Gasteiger partial charge in [0.15, 0.2) is 0 Å². The summed E-state index contributed by atoms with van der Waals surface area (Å²) in [5.74, 6) is 0.768. The van der Waals surface area contributed by atoms with Crippen LogP contribution in [-0.4, -0.2) is 19.6 Å². The van der Waals surface area contributed by atoms with Crippen molar-refractivity contribution in [3.63, 3.8) is 0 Å². The first-order chi connectivity index (χ1) is 9.15. The van der Waals surface area contributed by atoms with E-state index in [0.29, 0.717) is 6.54 Å². The van der Waals surface area contributed by atoms with Crippen molar-refractivity contribution in [2.45, 2.75) is 40.0 Å². The lowest BCUT2D eigenvalue weighted by Crippen LogP contribution is -2.30. The van der Waals surface area contributed by atoms with Crippen LogP contribution in [0.25, 0.3) is 0 Å². The number of nitrogens with zero attached hydrogens (tertiary/aromatic N) is 1. The van der Waals surface area contributed by atoms with E-state index in [4.69, 9.17) is 5.73 Å². The van der Waals surface area contributed by atoms with E-state index < -0.39 is 0 Å². The average Bonchev–Trinajstić information content (AvgIpc) is 2.43. The van der Waals surface area contributed by atoms with Gasteiger partial charge in [-0.15, -0.1) is 0 Å². The molecule has 2 nitrogen and oxygen atoms in total. The molecule has 1 aromatic rings. The second-order valence-corrected chi connectivity index (χ2v) is 5.95. The van der Waals surface area contributed by atoms with Crippen molar-refractivity contribution in [3.8, 4) is 0 Å². The third kappa shape index (κ3) is 4.81. The molecule has 108 valence electrons. The third-order valence-electron chi connectivity index (χ3n) is 3.82. The Morgan fingerprint density at radius 2 is 1.89 bits per heavy atom. The van der Waals surface area contributed by atoms with E-state index in [2.05, 4.69) is 59.8 Å². The minimum atomic E-state index is 0.706. The zero-order chi connectivity index (χ0) is 14.3. The lowest BCUT2D eigenvalue weighted by Gasteiger charge is -2.29. The predicted molar refractivity (Wildman–Crippen MR) is 88.9 cm³/mol. The fourth-order valence-corrected chi connectivity index (χ4v) is 2.80. The number of benzene rings is 1. The minimum Gasteiger partial charge on any atom is -0.371 e. The first-order valence-corrected chi connectivity index (χ1v) is 8.18. The van der Waals surface area contributed by atoms with Crippen LogP contribution in [0.3, 0.4) is 0 Å². The summed E-state index contributed by atoms with van der Waals surface area (Å²) in [4.78, 5) is 2.49. The highest BCUT2D eigenvalue weighted by Crippen LogP contribution is 2.27.